The van der Waals surface area contributed by atoms with E-state index in [1.165, 1.54) is 18.7 Å². The van der Waals surface area contributed by atoms with Crippen LogP contribution in [0.15, 0.2) is 0 Å². The fourth-order valence-corrected chi connectivity index (χ4v) is 1.69. The molecule has 0 saturated carbocycles. The van der Waals surface area contributed by atoms with Gasteiger partial charge in [-0.05, 0) is 12.8 Å². The number of carboxylic acids is 1. The fraction of sp³-hybridized carbons (Fsp3) is 0.600. The van der Waals surface area contributed by atoms with Crippen LogP contribution in [0.2, 0.25) is 0 Å². The van der Waals surface area contributed by atoms with Crippen molar-refractivity contribution in [2.75, 3.05) is 5.32 Å². The van der Waals surface area contributed by atoms with Crippen LogP contribution in [0.3, 0.4) is 0 Å². The van der Waals surface area contributed by atoms with Crippen molar-refractivity contribution in [1.82, 2.24) is 9.78 Å². The summed E-state index contributed by atoms with van der Waals surface area (Å²) >= 11 is 0. The molecule has 0 aromatic carbocycles. The molecule has 0 bridgehead atoms. The summed E-state index contributed by atoms with van der Waals surface area (Å²) in [6, 6.07) is -0.904. The minimum absolute atomic E-state index is 0.110. The number of hydrogen-bond donors (Lipinski definition) is 2. The van der Waals surface area contributed by atoms with E-state index in [1.807, 2.05) is 0 Å². The molecule has 1 aromatic heterocycles. The van der Waals surface area contributed by atoms with Gasteiger partial charge >= 0.3 is 11.7 Å². The van der Waals surface area contributed by atoms with E-state index in [1.54, 1.807) is 13.8 Å². The maximum Gasteiger partial charge on any atom is 0.333 e. The van der Waals surface area contributed by atoms with Gasteiger partial charge in [0.15, 0.2) is 0 Å². The van der Waals surface area contributed by atoms with Crippen molar-refractivity contribution in [3.8, 4) is 0 Å². The summed E-state index contributed by atoms with van der Waals surface area (Å²) in [7, 11) is 1.53. The normalized spacial score (nSPS) is 12.5. The molecule has 0 aliphatic rings. The average Bonchev–Trinajstić information content (AvgIpc) is 2.48. The Bertz CT molecular complexity index is 480. The molecule has 1 atom stereocenters. The molecular formula is C10H16N4O4. The number of aromatic nitrogens is 2. The summed E-state index contributed by atoms with van der Waals surface area (Å²) in [5.41, 5.74) is 0.0577. The number of hydrogen-bond acceptors (Lipinski definition) is 5. The maximum atomic E-state index is 11.1. The predicted molar refractivity (Wildman–Crippen MR) is 64.5 cm³/mol. The van der Waals surface area contributed by atoms with E-state index in [0.717, 1.165) is 0 Å². The first-order valence-electron chi connectivity index (χ1n) is 5.43. The van der Waals surface area contributed by atoms with Crippen LogP contribution in [0.1, 0.15) is 19.5 Å². The molecule has 1 aromatic rings. The predicted octanol–water partition coefficient (Wildman–Crippen LogP) is 1.16. The summed E-state index contributed by atoms with van der Waals surface area (Å²) in [4.78, 5) is 21.5. The molecule has 1 rings (SSSR count). The number of carbonyl (C=O) groups is 1. The van der Waals surface area contributed by atoms with Gasteiger partial charge in [0.25, 0.3) is 0 Å². The SMILES string of the molecule is Cc1nn(C)c(NC(C(=O)O)C(C)C)c1[N+](=O)[O-]. The molecule has 18 heavy (non-hydrogen) atoms. The first-order chi connectivity index (χ1) is 8.25. The quantitative estimate of drug-likeness (QED) is 0.604. The van der Waals surface area contributed by atoms with E-state index in [4.69, 9.17) is 5.11 Å². The Labute approximate surface area is 104 Å². The Balaban J connectivity index is 3.17. The summed E-state index contributed by atoms with van der Waals surface area (Å²) in [6.07, 6.45) is 0. The monoisotopic (exact) mass is 256 g/mol. The van der Waals surface area contributed by atoms with Gasteiger partial charge in [-0.3, -0.25) is 10.1 Å². The second-order valence-corrected chi connectivity index (χ2v) is 4.37. The van der Waals surface area contributed by atoms with Crippen LogP contribution in [-0.4, -0.2) is 31.8 Å². The van der Waals surface area contributed by atoms with E-state index in [2.05, 4.69) is 10.4 Å². The van der Waals surface area contributed by atoms with Crippen LogP contribution < -0.4 is 5.32 Å². The van der Waals surface area contributed by atoms with Gasteiger partial charge in [0.1, 0.15) is 11.7 Å². The lowest BCUT2D eigenvalue weighted by Crippen LogP contribution is -2.35. The molecule has 0 radical (unpaired) electrons. The Morgan fingerprint density at radius 1 is 1.56 bits per heavy atom. The summed E-state index contributed by atoms with van der Waals surface area (Å²) in [5.74, 6) is -1.16. The van der Waals surface area contributed by atoms with Gasteiger partial charge in [0, 0.05) is 7.05 Å². The van der Waals surface area contributed by atoms with Gasteiger partial charge in [-0.2, -0.15) is 5.10 Å². The van der Waals surface area contributed by atoms with E-state index in [0.29, 0.717) is 0 Å². The number of nitrogens with zero attached hydrogens (tertiary/aromatic N) is 3. The van der Waals surface area contributed by atoms with Gasteiger partial charge in [-0.15, -0.1) is 0 Å². The molecule has 8 nitrogen and oxygen atoms in total. The van der Waals surface area contributed by atoms with Crippen molar-refractivity contribution in [2.24, 2.45) is 13.0 Å². The summed E-state index contributed by atoms with van der Waals surface area (Å²) < 4.78 is 1.28. The zero-order chi connectivity index (χ0) is 14.0. The Hall–Kier alpha value is -2.12. The number of rotatable bonds is 5. The number of aliphatic carboxylic acids is 1. The van der Waals surface area contributed by atoms with Crippen molar-refractivity contribution < 1.29 is 14.8 Å². The van der Waals surface area contributed by atoms with Crippen LogP contribution >= 0.6 is 0 Å². The van der Waals surface area contributed by atoms with Crippen LogP contribution in [-0.2, 0) is 11.8 Å². The topological polar surface area (TPSA) is 110 Å². The number of anilines is 1. The van der Waals surface area contributed by atoms with Crippen LogP contribution in [0, 0.1) is 23.0 Å². The molecule has 0 aliphatic carbocycles. The number of carboxylic acid groups (broad SMARTS) is 1. The van der Waals surface area contributed by atoms with E-state index in [9.17, 15) is 14.9 Å². The number of nitrogens with one attached hydrogen (secondary N) is 1. The fourth-order valence-electron chi connectivity index (χ4n) is 1.69. The lowest BCUT2D eigenvalue weighted by molar-refractivity contribution is -0.384. The minimum Gasteiger partial charge on any atom is -0.480 e. The van der Waals surface area contributed by atoms with Crippen LogP contribution in [0.4, 0.5) is 11.5 Å². The molecule has 8 heteroatoms. The van der Waals surface area contributed by atoms with Crippen LogP contribution in [0.5, 0.6) is 0 Å². The third kappa shape index (κ3) is 2.58. The standard InChI is InChI=1S/C10H16N4O4/c1-5(2)7(10(15)16)11-9-8(14(17)18)6(3)12-13(9)4/h5,7,11H,1-4H3,(H,15,16). The first kappa shape index (κ1) is 13.9. The van der Waals surface area contributed by atoms with Gasteiger partial charge in [0.05, 0.1) is 4.92 Å². The number of aryl methyl sites for hydroxylation is 2. The highest BCUT2D eigenvalue weighted by atomic mass is 16.6. The smallest absolute Gasteiger partial charge is 0.333 e. The van der Waals surface area contributed by atoms with E-state index < -0.39 is 16.9 Å². The molecule has 2 N–H and O–H groups in total. The van der Waals surface area contributed by atoms with Crippen LogP contribution in [0.25, 0.3) is 0 Å². The van der Waals surface area contributed by atoms with Gasteiger partial charge < -0.3 is 10.4 Å². The molecule has 1 heterocycles. The molecule has 0 amide bonds. The Kier molecular flexibility index (Phi) is 3.89. The third-order valence-electron chi connectivity index (χ3n) is 2.60. The van der Waals surface area contributed by atoms with Crippen molar-refractivity contribution >= 4 is 17.5 Å². The van der Waals surface area contributed by atoms with Crippen molar-refractivity contribution in [2.45, 2.75) is 26.8 Å². The van der Waals surface area contributed by atoms with Crippen molar-refractivity contribution in [3.05, 3.63) is 15.8 Å². The second-order valence-electron chi connectivity index (χ2n) is 4.37. The largest absolute Gasteiger partial charge is 0.480 e. The number of nitro groups is 1. The molecule has 1 unspecified atom stereocenters. The zero-order valence-corrected chi connectivity index (χ0v) is 10.7. The molecule has 0 fully saturated rings. The average molecular weight is 256 g/mol. The Morgan fingerprint density at radius 2 is 2.11 bits per heavy atom. The highest BCUT2D eigenvalue weighted by molar-refractivity contribution is 5.78. The highest BCUT2D eigenvalue weighted by Crippen LogP contribution is 2.28. The minimum atomic E-state index is -1.06. The molecular weight excluding hydrogens is 240 g/mol. The highest BCUT2D eigenvalue weighted by Gasteiger charge is 2.29. The zero-order valence-electron chi connectivity index (χ0n) is 10.7. The second kappa shape index (κ2) is 5.03. The summed E-state index contributed by atoms with van der Waals surface area (Å²) in [5, 5.41) is 26.6. The van der Waals surface area contributed by atoms with Gasteiger partial charge in [0.2, 0.25) is 5.82 Å². The Morgan fingerprint density at radius 3 is 2.50 bits per heavy atom. The maximum absolute atomic E-state index is 11.1. The molecule has 0 saturated heterocycles. The molecule has 0 spiro atoms. The van der Waals surface area contributed by atoms with Crippen molar-refractivity contribution in [1.29, 1.82) is 0 Å². The van der Waals surface area contributed by atoms with Gasteiger partial charge in [-0.1, -0.05) is 13.8 Å². The van der Waals surface area contributed by atoms with E-state index in [-0.39, 0.29) is 23.1 Å². The molecule has 100 valence electrons. The summed E-state index contributed by atoms with van der Waals surface area (Å²) in [6.45, 7) is 4.95. The van der Waals surface area contributed by atoms with Gasteiger partial charge in [-0.25, -0.2) is 9.48 Å². The van der Waals surface area contributed by atoms with E-state index >= 15 is 0 Å². The lowest BCUT2D eigenvalue weighted by Gasteiger charge is -2.18. The lowest BCUT2D eigenvalue weighted by atomic mass is 10.0. The van der Waals surface area contributed by atoms with Crippen molar-refractivity contribution in [3.63, 3.8) is 0 Å². The molecule has 0 aliphatic heterocycles. The first-order valence-corrected chi connectivity index (χ1v) is 5.43. The third-order valence-corrected chi connectivity index (χ3v) is 2.60.